The van der Waals surface area contributed by atoms with E-state index in [9.17, 15) is 19.8 Å². The van der Waals surface area contributed by atoms with E-state index < -0.39 is 35.3 Å². The van der Waals surface area contributed by atoms with Gasteiger partial charge in [0, 0.05) is 0 Å². The predicted octanol–water partition coefficient (Wildman–Crippen LogP) is 0.743. The van der Waals surface area contributed by atoms with Crippen molar-refractivity contribution >= 4 is 17.7 Å². The van der Waals surface area contributed by atoms with Crippen molar-refractivity contribution in [2.24, 2.45) is 0 Å². The van der Waals surface area contributed by atoms with E-state index in [4.69, 9.17) is 9.47 Å². The molecule has 2 atom stereocenters. The molecule has 144 valence electrons. The number of aromatic nitrogens is 1. The lowest BCUT2D eigenvalue weighted by molar-refractivity contribution is -0.177. The van der Waals surface area contributed by atoms with E-state index in [0.717, 1.165) is 0 Å². The average Bonchev–Trinajstić information content (AvgIpc) is 2.52. The van der Waals surface area contributed by atoms with Crippen molar-refractivity contribution in [3.05, 3.63) is 23.9 Å². The second kappa shape index (κ2) is 7.30. The molecule has 1 aromatic heterocycles. The number of anilines is 1. The summed E-state index contributed by atoms with van der Waals surface area (Å²) in [5.41, 5.74) is -1.56. The Balaban J connectivity index is 2.21. The smallest absolute Gasteiger partial charge is 0.338 e. The molecule has 1 aliphatic heterocycles. The number of aliphatic hydroxyl groups excluding tert-OH is 1. The van der Waals surface area contributed by atoms with Gasteiger partial charge in [-0.2, -0.15) is 0 Å². The average molecular weight is 366 g/mol. The first kappa shape index (κ1) is 20.3. The first-order valence-corrected chi connectivity index (χ1v) is 8.44. The molecule has 1 aliphatic rings. The van der Waals surface area contributed by atoms with Crippen LogP contribution in [0.25, 0.3) is 0 Å². The molecular weight excluding hydrogens is 340 g/mol. The molecule has 1 aromatic rings. The highest BCUT2D eigenvalue weighted by Gasteiger charge is 2.41. The van der Waals surface area contributed by atoms with Crippen LogP contribution in [-0.4, -0.2) is 58.0 Å². The van der Waals surface area contributed by atoms with E-state index >= 15 is 0 Å². The van der Waals surface area contributed by atoms with Gasteiger partial charge in [0.05, 0.1) is 18.8 Å². The maximum atomic E-state index is 12.7. The highest BCUT2D eigenvalue weighted by Crippen LogP contribution is 2.24. The summed E-state index contributed by atoms with van der Waals surface area (Å²) in [4.78, 5) is 30.4. The number of hydrogen-bond donors (Lipinski definition) is 2. The van der Waals surface area contributed by atoms with Crippen LogP contribution in [0, 0.1) is 0 Å². The van der Waals surface area contributed by atoms with Crippen LogP contribution in [0.4, 0.5) is 5.82 Å². The van der Waals surface area contributed by atoms with Gasteiger partial charge in [-0.1, -0.05) is 6.07 Å². The molecule has 26 heavy (non-hydrogen) atoms. The van der Waals surface area contributed by atoms with Crippen molar-refractivity contribution in [1.29, 1.82) is 0 Å². The van der Waals surface area contributed by atoms with Gasteiger partial charge in [0.25, 0.3) is 5.91 Å². The van der Waals surface area contributed by atoms with Crippen LogP contribution in [-0.2, 0) is 24.7 Å². The fourth-order valence-electron chi connectivity index (χ4n) is 2.46. The summed E-state index contributed by atoms with van der Waals surface area (Å²) in [6, 6.07) is 4.95. The predicted molar refractivity (Wildman–Crippen MR) is 93.4 cm³/mol. The Labute approximate surface area is 152 Å². The minimum Gasteiger partial charge on any atom is -0.458 e. The zero-order valence-electron chi connectivity index (χ0n) is 15.7. The van der Waals surface area contributed by atoms with Crippen molar-refractivity contribution in [1.82, 2.24) is 4.98 Å². The molecule has 0 saturated carbocycles. The lowest BCUT2D eigenvalue weighted by atomic mass is 10.0. The van der Waals surface area contributed by atoms with Crippen molar-refractivity contribution in [2.75, 3.05) is 18.1 Å². The molecule has 8 nitrogen and oxygen atoms in total. The van der Waals surface area contributed by atoms with Gasteiger partial charge >= 0.3 is 5.97 Å². The second-order valence-electron chi connectivity index (χ2n) is 7.70. The molecule has 0 unspecified atom stereocenters. The van der Waals surface area contributed by atoms with Gasteiger partial charge in [0.15, 0.2) is 12.2 Å². The number of morpholine rings is 1. The molecule has 0 radical (unpaired) electrons. The molecule has 8 heteroatoms. The minimum absolute atomic E-state index is 0.130. The standard InChI is InChI=1S/C18H26N2O6/c1-17(2,3)26-16(23)13(21)14-15(22)20(9-10-25-14)12-8-6-7-11(19-12)18(4,5)24/h6-8,13-14,21,24H,9-10H2,1-5H3/t13-,14-/m1/s1. The van der Waals surface area contributed by atoms with Crippen LogP contribution in [0.3, 0.4) is 0 Å². The molecule has 0 aliphatic carbocycles. The Kier molecular flexibility index (Phi) is 5.70. The third-order valence-electron chi connectivity index (χ3n) is 3.69. The van der Waals surface area contributed by atoms with Crippen LogP contribution in [0.2, 0.25) is 0 Å². The van der Waals surface area contributed by atoms with E-state index in [1.165, 1.54) is 4.90 Å². The third kappa shape index (κ3) is 4.78. The molecule has 1 fully saturated rings. The summed E-state index contributed by atoms with van der Waals surface area (Å²) in [7, 11) is 0. The van der Waals surface area contributed by atoms with Gasteiger partial charge in [0.2, 0.25) is 0 Å². The SMILES string of the molecule is CC(C)(C)OC(=O)[C@H](O)[C@H]1OCCN(c2cccc(C(C)(C)O)n2)C1=O. The third-order valence-corrected chi connectivity index (χ3v) is 3.69. The number of amides is 1. The van der Waals surface area contributed by atoms with Crippen molar-refractivity contribution < 1.29 is 29.3 Å². The topological polar surface area (TPSA) is 109 Å². The van der Waals surface area contributed by atoms with E-state index in [2.05, 4.69) is 4.98 Å². The van der Waals surface area contributed by atoms with Crippen LogP contribution in [0.5, 0.6) is 0 Å². The first-order valence-electron chi connectivity index (χ1n) is 8.44. The minimum atomic E-state index is -1.73. The highest BCUT2D eigenvalue weighted by molar-refractivity contribution is 5.99. The quantitative estimate of drug-likeness (QED) is 0.757. The lowest BCUT2D eigenvalue weighted by Crippen LogP contribution is -2.55. The van der Waals surface area contributed by atoms with Crippen LogP contribution in [0.15, 0.2) is 18.2 Å². The number of rotatable bonds is 4. The van der Waals surface area contributed by atoms with Gasteiger partial charge in [-0.05, 0) is 46.8 Å². The summed E-state index contributed by atoms with van der Waals surface area (Å²) >= 11 is 0. The molecule has 0 spiro atoms. The number of pyridine rings is 1. The van der Waals surface area contributed by atoms with Gasteiger partial charge < -0.3 is 19.7 Å². The fourth-order valence-corrected chi connectivity index (χ4v) is 2.46. The van der Waals surface area contributed by atoms with Crippen molar-refractivity contribution in [2.45, 2.75) is 58.0 Å². The normalized spacial score (nSPS) is 20.0. The van der Waals surface area contributed by atoms with Crippen LogP contribution >= 0.6 is 0 Å². The summed E-state index contributed by atoms with van der Waals surface area (Å²) in [5.74, 6) is -1.19. The van der Waals surface area contributed by atoms with Crippen molar-refractivity contribution in [3.8, 4) is 0 Å². The van der Waals surface area contributed by atoms with Crippen LogP contribution in [0.1, 0.15) is 40.3 Å². The largest absolute Gasteiger partial charge is 0.458 e. The Morgan fingerprint density at radius 1 is 1.35 bits per heavy atom. The molecule has 0 aromatic carbocycles. The van der Waals surface area contributed by atoms with Gasteiger partial charge in [-0.15, -0.1) is 0 Å². The second-order valence-corrected chi connectivity index (χ2v) is 7.70. The number of hydrogen-bond acceptors (Lipinski definition) is 7. The molecule has 1 amide bonds. The van der Waals surface area contributed by atoms with Gasteiger partial charge in [0.1, 0.15) is 17.0 Å². The lowest BCUT2D eigenvalue weighted by Gasteiger charge is -2.34. The molecule has 1 saturated heterocycles. The van der Waals surface area contributed by atoms with E-state index in [1.807, 2.05) is 0 Å². The maximum Gasteiger partial charge on any atom is 0.338 e. The van der Waals surface area contributed by atoms with Crippen LogP contribution < -0.4 is 4.90 Å². The van der Waals surface area contributed by atoms with Gasteiger partial charge in [-0.3, -0.25) is 9.69 Å². The van der Waals surface area contributed by atoms with E-state index in [0.29, 0.717) is 11.5 Å². The molecule has 2 N–H and O–H groups in total. The molecule has 0 bridgehead atoms. The number of carbonyl (C=O) groups is 2. The molecular formula is C18H26N2O6. The zero-order valence-corrected chi connectivity index (χ0v) is 15.7. The zero-order chi connectivity index (χ0) is 19.7. The van der Waals surface area contributed by atoms with E-state index in [1.54, 1.807) is 52.8 Å². The number of carbonyl (C=O) groups excluding carboxylic acids is 2. The Morgan fingerprint density at radius 3 is 2.58 bits per heavy atom. The molecule has 2 heterocycles. The first-order chi connectivity index (χ1) is 11.9. The van der Waals surface area contributed by atoms with Gasteiger partial charge in [-0.25, -0.2) is 9.78 Å². The Morgan fingerprint density at radius 2 is 2.00 bits per heavy atom. The molecule has 2 rings (SSSR count). The highest BCUT2D eigenvalue weighted by atomic mass is 16.6. The summed E-state index contributed by atoms with van der Waals surface area (Å²) in [6.45, 7) is 8.53. The monoisotopic (exact) mass is 366 g/mol. The Bertz CT molecular complexity index is 677. The number of ether oxygens (including phenoxy) is 2. The fraction of sp³-hybridized carbons (Fsp3) is 0.611. The number of nitrogens with zero attached hydrogens (tertiary/aromatic N) is 2. The Hall–Kier alpha value is -2.03. The maximum absolute atomic E-state index is 12.7. The summed E-state index contributed by atoms with van der Waals surface area (Å²) in [5, 5.41) is 20.3. The van der Waals surface area contributed by atoms with E-state index in [-0.39, 0.29) is 13.2 Å². The summed E-state index contributed by atoms with van der Waals surface area (Å²) in [6.07, 6.45) is -3.10. The number of aliphatic hydroxyl groups is 2. The summed E-state index contributed by atoms with van der Waals surface area (Å²) < 4.78 is 10.4. The van der Waals surface area contributed by atoms with Crippen molar-refractivity contribution in [3.63, 3.8) is 0 Å². The number of esters is 1.